The first kappa shape index (κ1) is 15.2. The number of nitrogens with one attached hydrogen (secondary N) is 1. The molecule has 20 heavy (non-hydrogen) atoms. The first-order valence-corrected chi connectivity index (χ1v) is 8.26. The van der Waals surface area contributed by atoms with Gasteiger partial charge in [0.2, 0.25) is 10.0 Å². The van der Waals surface area contributed by atoms with Gasteiger partial charge in [0, 0.05) is 39.4 Å². The number of rotatable bonds is 5. The van der Waals surface area contributed by atoms with Crippen LogP contribution in [-0.2, 0) is 10.0 Å². The molecule has 0 aliphatic carbocycles. The van der Waals surface area contributed by atoms with E-state index in [9.17, 15) is 8.42 Å². The summed E-state index contributed by atoms with van der Waals surface area (Å²) in [6, 6.07) is 3.85. The van der Waals surface area contributed by atoms with Gasteiger partial charge >= 0.3 is 0 Å². The quantitative estimate of drug-likeness (QED) is 0.858. The molecule has 1 aromatic heterocycles. The van der Waals surface area contributed by atoms with Gasteiger partial charge in [-0.25, -0.2) is 17.7 Å². The Labute approximate surface area is 120 Å². The number of anilines is 1. The molecule has 1 saturated heterocycles. The number of nitrogens with zero attached hydrogens (tertiary/aromatic N) is 3. The molecule has 6 nitrogen and oxygen atoms in total. The van der Waals surface area contributed by atoms with Gasteiger partial charge in [-0.1, -0.05) is 0 Å². The van der Waals surface area contributed by atoms with Crippen molar-refractivity contribution in [3.05, 3.63) is 18.3 Å². The molecule has 0 aromatic carbocycles. The Hall–Kier alpha value is -1.18. The van der Waals surface area contributed by atoms with E-state index in [2.05, 4.69) is 22.1 Å². The van der Waals surface area contributed by atoms with E-state index in [1.54, 1.807) is 12.1 Å². The lowest BCUT2D eigenvalue weighted by molar-refractivity contribution is 0.520. The van der Waals surface area contributed by atoms with Crippen LogP contribution in [0.15, 0.2) is 23.2 Å². The van der Waals surface area contributed by atoms with Gasteiger partial charge in [-0.15, -0.1) is 0 Å². The second-order valence-corrected chi connectivity index (χ2v) is 7.22. The molecular weight excluding hydrogens is 276 g/mol. The number of likely N-dealkylation sites (N-methyl/N-ethyl adjacent to an activating group) is 1. The SMILES string of the molecule is CCN(c1ccc(S(=O)(=O)N(C)C)cn1)C1CCNC1. The lowest BCUT2D eigenvalue weighted by Gasteiger charge is -2.28. The van der Waals surface area contributed by atoms with Crippen LogP contribution in [0.2, 0.25) is 0 Å². The number of aromatic nitrogens is 1. The lowest BCUT2D eigenvalue weighted by atomic mass is 10.2. The normalized spacial score (nSPS) is 19.5. The lowest BCUT2D eigenvalue weighted by Crippen LogP contribution is -2.37. The third-order valence-electron chi connectivity index (χ3n) is 3.61. The highest BCUT2D eigenvalue weighted by Gasteiger charge is 2.23. The Morgan fingerprint density at radius 1 is 1.40 bits per heavy atom. The van der Waals surface area contributed by atoms with Crippen LogP contribution in [0.25, 0.3) is 0 Å². The minimum Gasteiger partial charge on any atom is -0.353 e. The third kappa shape index (κ3) is 2.94. The van der Waals surface area contributed by atoms with E-state index in [1.807, 2.05) is 0 Å². The Morgan fingerprint density at radius 3 is 2.60 bits per heavy atom. The van der Waals surface area contributed by atoms with Gasteiger partial charge < -0.3 is 10.2 Å². The van der Waals surface area contributed by atoms with Gasteiger partial charge in [-0.2, -0.15) is 0 Å². The maximum absolute atomic E-state index is 12.0. The highest BCUT2D eigenvalue weighted by atomic mass is 32.2. The zero-order valence-electron chi connectivity index (χ0n) is 12.2. The number of sulfonamides is 1. The van der Waals surface area contributed by atoms with E-state index in [4.69, 9.17) is 0 Å². The van der Waals surface area contributed by atoms with Crippen LogP contribution in [0.5, 0.6) is 0 Å². The molecule has 0 saturated carbocycles. The summed E-state index contributed by atoms with van der Waals surface area (Å²) in [6.07, 6.45) is 2.53. The monoisotopic (exact) mass is 298 g/mol. The maximum atomic E-state index is 12.0. The topological polar surface area (TPSA) is 65.5 Å². The average molecular weight is 298 g/mol. The minimum atomic E-state index is -3.41. The zero-order valence-corrected chi connectivity index (χ0v) is 13.0. The van der Waals surface area contributed by atoms with Gasteiger partial charge in [0.05, 0.1) is 0 Å². The van der Waals surface area contributed by atoms with E-state index in [-0.39, 0.29) is 4.90 Å². The van der Waals surface area contributed by atoms with Crippen LogP contribution in [0.1, 0.15) is 13.3 Å². The number of hydrogen-bond donors (Lipinski definition) is 1. The molecule has 0 bridgehead atoms. The highest BCUT2D eigenvalue weighted by molar-refractivity contribution is 7.89. The van der Waals surface area contributed by atoms with Gasteiger partial charge in [0.25, 0.3) is 0 Å². The van der Waals surface area contributed by atoms with E-state index < -0.39 is 10.0 Å². The largest absolute Gasteiger partial charge is 0.353 e. The third-order valence-corrected chi connectivity index (χ3v) is 5.41. The number of hydrogen-bond acceptors (Lipinski definition) is 5. The number of pyridine rings is 1. The molecule has 1 atom stereocenters. The molecule has 2 rings (SSSR count). The second-order valence-electron chi connectivity index (χ2n) is 5.07. The fourth-order valence-corrected chi connectivity index (χ4v) is 3.27. The molecule has 1 fully saturated rings. The van der Waals surface area contributed by atoms with E-state index >= 15 is 0 Å². The molecular formula is C13H22N4O2S. The van der Waals surface area contributed by atoms with Gasteiger partial charge in [-0.3, -0.25) is 0 Å². The van der Waals surface area contributed by atoms with Gasteiger partial charge in [0.1, 0.15) is 10.7 Å². The molecule has 1 aromatic rings. The fourth-order valence-electron chi connectivity index (χ4n) is 2.42. The summed E-state index contributed by atoms with van der Waals surface area (Å²) in [5.74, 6) is 0.832. The van der Waals surface area contributed by atoms with Crippen molar-refractivity contribution in [3.8, 4) is 0 Å². The zero-order chi connectivity index (χ0) is 14.8. The molecule has 1 unspecified atom stereocenters. The van der Waals surface area contributed by atoms with Crippen LogP contribution in [0.3, 0.4) is 0 Å². The summed E-state index contributed by atoms with van der Waals surface area (Å²) in [5, 5.41) is 3.34. The first-order valence-electron chi connectivity index (χ1n) is 6.82. The van der Waals surface area contributed by atoms with Crippen LogP contribution in [0, 0.1) is 0 Å². The second kappa shape index (κ2) is 6.07. The highest BCUT2D eigenvalue weighted by Crippen LogP contribution is 2.20. The molecule has 1 aliphatic heterocycles. The van der Waals surface area contributed by atoms with Crippen molar-refractivity contribution in [3.63, 3.8) is 0 Å². The van der Waals surface area contributed by atoms with Crippen LogP contribution in [0.4, 0.5) is 5.82 Å². The summed E-state index contributed by atoms with van der Waals surface area (Å²) in [4.78, 5) is 6.78. The molecule has 0 spiro atoms. The van der Waals surface area contributed by atoms with Crippen LogP contribution < -0.4 is 10.2 Å². The van der Waals surface area contributed by atoms with Crippen molar-refractivity contribution >= 4 is 15.8 Å². The fraction of sp³-hybridized carbons (Fsp3) is 0.615. The smallest absolute Gasteiger partial charge is 0.244 e. The van der Waals surface area contributed by atoms with Gasteiger partial charge in [0.15, 0.2) is 0 Å². The van der Waals surface area contributed by atoms with E-state index in [1.165, 1.54) is 24.6 Å². The first-order chi connectivity index (χ1) is 9.46. The van der Waals surface area contributed by atoms with Crippen molar-refractivity contribution in [2.24, 2.45) is 0 Å². The van der Waals surface area contributed by atoms with Crippen molar-refractivity contribution in [1.29, 1.82) is 0 Å². The molecule has 0 amide bonds. The van der Waals surface area contributed by atoms with Crippen molar-refractivity contribution in [2.75, 3.05) is 38.6 Å². The molecule has 0 radical (unpaired) electrons. The Balaban J connectivity index is 2.23. The summed E-state index contributed by atoms with van der Waals surface area (Å²) in [6.45, 7) is 4.92. The summed E-state index contributed by atoms with van der Waals surface area (Å²) < 4.78 is 25.2. The van der Waals surface area contributed by atoms with Crippen LogP contribution in [-0.4, -0.2) is 57.5 Å². The summed E-state index contributed by atoms with van der Waals surface area (Å²) >= 11 is 0. The molecule has 112 valence electrons. The standard InChI is InChI=1S/C13H22N4O2S/c1-4-17(11-7-8-14-9-11)13-6-5-12(10-15-13)20(18,19)16(2)3/h5-6,10-11,14H,4,7-9H2,1-3H3. The predicted octanol–water partition coefficient (Wildman–Crippen LogP) is 0.520. The molecule has 1 aliphatic rings. The van der Waals surface area contributed by atoms with Crippen LogP contribution >= 0.6 is 0 Å². The van der Waals surface area contributed by atoms with Crippen molar-refractivity contribution in [2.45, 2.75) is 24.3 Å². The minimum absolute atomic E-state index is 0.229. The maximum Gasteiger partial charge on any atom is 0.244 e. The molecule has 7 heteroatoms. The molecule has 1 N–H and O–H groups in total. The predicted molar refractivity (Wildman–Crippen MR) is 79.4 cm³/mol. The summed E-state index contributed by atoms with van der Waals surface area (Å²) in [7, 11) is -0.366. The Bertz CT molecular complexity index is 536. The Kier molecular flexibility index (Phi) is 4.62. The van der Waals surface area contributed by atoms with Crippen molar-refractivity contribution in [1.82, 2.24) is 14.6 Å². The van der Waals surface area contributed by atoms with E-state index in [0.717, 1.165) is 31.9 Å². The molecule has 2 heterocycles. The van der Waals surface area contributed by atoms with E-state index in [0.29, 0.717) is 6.04 Å². The Morgan fingerprint density at radius 2 is 2.15 bits per heavy atom. The summed E-state index contributed by atoms with van der Waals surface area (Å²) in [5.41, 5.74) is 0. The van der Waals surface area contributed by atoms with Crippen molar-refractivity contribution < 1.29 is 8.42 Å². The van der Waals surface area contributed by atoms with Gasteiger partial charge in [-0.05, 0) is 32.0 Å². The average Bonchev–Trinajstić information content (AvgIpc) is 2.94.